The lowest BCUT2D eigenvalue weighted by atomic mass is 9.89. The van der Waals surface area contributed by atoms with Gasteiger partial charge in [0.05, 0.1) is 12.3 Å². The summed E-state index contributed by atoms with van der Waals surface area (Å²) in [5.41, 5.74) is 3.60. The van der Waals surface area contributed by atoms with Gasteiger partial charge in [-0.15, -0.1) is 0 Å². The molecule has 0 amide bonds. The second-order valence-electron chi connectivity index (χ2n) is 6.80. The van der Waals surface area contributed by atoms with E-state index in [0.717, 1.165) is 18.7 Å². The van der Waals surface area contributed by atoms with Crippen molar-refractivity contribution in [1.82, 2.24) is 20.5 Å². The van der Waals surface area contributed by atoms with Crippen LogP contribution >= 0.6 is 0 Å². The standard InChI is InChI=1S/C17H26N4O/c1-12(2)22-15-7-6-13(9-19-15)8-18-10-14-11-20-21-16(14)17(3,4)5/h6-7,9,11-12,18H,8,10H2,1-5H3,(H,20,21). The molecule has 0 aliphatic rings. The zero-order valence-electron chi connectivity index (χ0n) is 14.1. The topological polar surface area (TPSA) is 62.8 Å². The van der Waals surface area contributed by atoms with Crippen LogP contribution in [-0.4, -0.2) is 21.3 Å². The highest BCUT2D eigenvalue weighted by Gasteiger charge is 2.19. The summed E-state index contributed by atoms with van der Waals surface area (Å²) in [6.45, 7) is 12.1. The Hall–Kier alpha value is -1.88. The number of H-pyrrole nitrogens is 1. The molecule has 0 aliphatic heterocycles. The van der Waals surface area contributed by atoms with Gasteiger partial charge in [-0.1, -0.05) is 26.8 Å². The van der Waals surface area contributed by atoms with E-state index in [4.69, 9.17) is 4.74 Å². The van der Waals surface area contributed by atoms with Gasteiger partial charge in [-0.3, -0.25) is 5.10 Å². The molecule has 0 aromatic carbocycles. The summed E-state index contributed by atoms with van der Waals surface area (Å²) in [5.74, 6) is 0.670. The van der Waals surface area contributed by atoms with Crippen LogP contribution in [0.25, 0.3) is 0 Å². The van der Waals surface area contributed by atoms with Gasteiger partial charge in [-0.2, -0.15) is 5.10 Å². The van der Waals surface area contributed by atoms with Crippen molar-refractivity contribution < 1.29 is 4.74 Å². The molecule has 0 spiro atoms. The monoisotopic (exact) mass is 302 g/mol. The first-order chi connectivity index (χ1) is 10.4. The zero-order valence-corrected chi connectivity index (χ0v) is 14.1. The van der Waals surface area contributed by atoms with E-state index >= 15 is 0 Å². The van der Waals surface area contributed by atoms with E-state index in [-0.39, 0.29) is 11.5 Å². The number of pyridine rings is 1. The first-order valence-electron chi connectivity index (χ1n) is 7.71. The lowest BCUT2D eigenvalue weighted by Gasteiger charge is -2.18. The van der Waals surface area contributed by atoms with E-state index in [1.165, 1.54) is 11.3 Å². The zero-order chi connectivity index (χ0) is 16.2. The predicted molar refractivity (Wildman–Crippen MR) is 87.8 cm³/mol. The molecule has 2 rings (SSSR count). The highest BCUT2D eigenvalue weighted by atomic mass is 16.5. The van der Waals surface area contributed by atoms with Crippen molar-refractivity contribution in [2.75, 3.05) is 0 Å². The van der Waals surface area contributed by atoms with E-state index in [2.05, 4.69) is 41.3 Å². The summed E-state index contributed by atoms with van der Waals surface area (Å²) >= 11 is 0. The van der Waals surface area contributed by atoms with Crippen molar-refractivity contribution in [2.45, 2.75) is 59.2 Å². The molecule has 0 aliphatic carbocycles. The Morgan fingerprint density at radius 3 is 2.55 bits per heavy atom. The van der Waals surface area contributed by atoms with Gasteiger partial charge in [-0.05, 0) is 19.4 Å². The average molecular weight is 302 g/mol. The van der Waals surface area contributed by atoms with E-state index in [1.807, 2.05) is 38.4 Å². The van der Waals surface area contributed by atoms with Gasteiger partial charge in [0.25, 0.3) is 0 Å². The summed E-state index contributed by atoms with van der Waals surface area (Å²) in [6, 6.07) is 3.95. The summed E-state index contributed by atoms with van der Waals surface area (Å²) < 4.78 is 5.54. The van der Waals surface area contributed by atoms with Crippen molar-refractivity contribution in [3.8, 4) is 5.88 Å². The number of hydrogen-bond acceptors (Lipinski definition) is 4. The van der Waals surface area contributed by atoms with Gasteiger partial charge in [0.2, 0.25) is 5.88 Å². The number of aromatic amines is 1. The van der Waals surface area contributed by atoms with Gasteiger partial charge < -0.3 is 10.1 Å². The third-order valence-electron chi connectivity index (χ3n) is 3.27. The van der Waals surface area contributed by atoms with Crippen LogP contribution in [0.2, 0.25) is 0 Å². The molecule has 0 saturated heterocycles. The number of nitrogens with one attached hydrogen (secondary N) is 2. The molecule has 120 valence electrons. The number of hydrogen-bond donors (Lipinski definition) is 2. The van der Waals surface area contributed by atoms with Crippen LogP contribution in [0.1, 0.15) is 51.4 Å². The molecule has 0 bridgehead atoms. The van der Waals surface area contributed by atoms with Crippen molar-refractivity contribution in [3.05, 3.63) is 41.3 Å². The highest BCUT2D eigenvalue weighted by Crippen LogP contribution is 2.23. The fourth-order valence-corrected chi connectivity index (χ4v) is 2.26. The molecule has 0 radical (unpaired) electrons. The normalized spacial score (nSPS) is 11.9. The van der Waals surface area contributed by atoms with Gasteiger partial charge >= 0.3 is 0 Å². The molecule has 2 aromatic heterocycles. The van der Waals surface area contributed by atoms with Crippen molar-refractivity contribution in [2.24, 2.45) is 0 Å². The first kappa shape index (κ1) is 16.5. The summed E-state index contributed by atoms with van der Waals surface area (Å²) in [4.78, 5) is 4.31. The fourth-order valence-electron chi connectivity index (χ4n) is 2.26. The summed E-state index contributed by atoms with van der Waals surface area (Å²) in [6.07, 6.45) is 3.89. The minimum absolute atomic E-state index is 0.0743. The molecule has 0 atom stereocenters. The van der Waals surface area contributed by atoms with Crippen LogP contribution in [0.15, 0.2) is 24.5 Å². The van der Waals surface area contributed by atoms with Crippen LogP contribution in [0, 0.1) is 0 Å². The molecule has 5 nitrogen and oxygen atoms in total. The fraction of sp³-hybridized carbons (Fsp3) is 0.529. The van der Waals surface area contributed by atoms with Crippen molar-refractivity contribution >= 4 is 0 Å². The second kappa shape index (κ2) is 6.92. The summed E-state index contributed by atoms with van der Waals surface area (Å²) in [5, 5.41) is 10.7. The van der Waals surface area contributed by atoms with Crippen molar-refractivity contribution in [1.29, 1.82) is 0 Å². The number of aromatic nitrogens is 3. The smallest absolute Gasteiger partial charge is 0.213 e. The van der Waals surface area contributed by atoms with E-state index < -0.39 is 0 Å². The van der Waals surface area contributed by atoms with Gasteiger partial charge in [-0.25, -0.2) is 4.98 Å². The predicted octanol–water partition coefficient (Wildman–Crippen LogP) is 3.18. The molecule has 0 saturated carbocycles. The maximum Gasteiger partial charge on any atom is 0.213 e. The lowest BCUT2D eigenvalue weighted by molar-refractivity contribution is 0.232. The Bertz CT molecular complexity index is 581. The molecule has 0 unspecified atom stereocenters. The number of ether oxygens (including phenoxy) is 1. The molecular formula is C17H26N4O. The largest absolute Gasteiger partial charge is 0.475 e. The van der Waals surface area contributed by atoms with Gasteiger partial charge in [0.1, 0.15) is 0 Å². The third kappa shape index (κ3) is 4.56. The van der Waals surface area contributed by atoms with Crippen LogP contribution in [-0.2, 0) is 18.5 Å². The lowest BCUT2D eigenvalue weighted by Crippen LogP contribution is -2.19. The number of rotatable bonds is 6. The SMILES string of the molecule is CC(C)Oc1ccc(CNCc2cn[nH]c2C(C)(C)C)cn1. The third-order valence-corrected chi connectivity index (χ3v) is 3.27. The maximum absolute atomic E-state index is 5.54. The highest BCUT2D eigenvalue weighted by molar-refractivity contribution is 5.23. The Balaban J connectivity index is 1.88. The van der Waals surface area contributed by atoms with Crippen LogP contribution < -0.4 is 10.1 Å². The number of nitrogens with zero attached hydrogens (tertiary/aromatic N) is 2. The second-order valence-corrected chi connectivity index (χ2v) is 6.80. The van der Waals surface area contributed by atoms with Crippen molar-refractivity contribution in [3.63, 3.8) is 0 Å². The van der Waals surface area contributed by atoms with Gasteiger partial charge in [0, 0.05) is 42.0 Å². The molecule has 2 heterocycles. The van der Waals surface area contributed by atoms with Crippen LogP contribution in [0.5, 0.6) is 5.88 Å². The minimum Gasteiger partial charge on any atom is -0.475 e. The van der Waals surface area contributed by atoms with Gasteiger partial charge in [0.15, 0.2) is 0 Å². The molecule has 5 heteroatoms. The maximum atomic E-state index is 5.54. The van der Waals surface area contributed by atoms with E-state index in [1.54, 1.807) is 0 Å². The van der Waals surface area contributed by atoms with Crippen LogP contribution in [0.3, 0.4) is 0 Å². The average Bonchev–Trinajstić information content (AvgIpc) is 2.88. The molecule has 2 aromatic rings. The Morgan fingerprint density at radius 1 is 1.18 bits per heavy atom. The van der Waals surface area contributed by atoms with E-state index in [9.17, 15) is 0 Å². The Morgan fingerprint density at radius 2 is 1.95 bits per heavy atom. The molecule has 2 N–H and O–H groups in total. The summed E-state index contributed by atoms with van der Waals surface area (Å²) in [7, 11) is 0. The Labute approximate surface area is 132 Å². The molecular weight excluding hydrogens is 276 g/mol. The first-order valence-corrected chi connectivity index (χ1v) is 7.71. The van der Waals surface area contributed by atoms with Crippen LogP contribution in [0.4, 0.5) is 0 Å². The quantitative estimate of drug-likeness (QED) is 0.860. The minimum atomic E-state index is 0.0743. The molecule has 22 heavy (non-hydrogen) atoms. The molecule has 0 fully saturated rings. The van der Waals surface area contributed by atoms with E-state index in [0.29, 0.717) is 5.88 Å². The Kier molecular flexibility index (Phi) is 5.19.